The van der Waals surface area contributed by atoms with Gasteiger partial charge < -0.3 is 14.8 Å². The Morgan fingerprint density at radius 2 is 1.56 bits per heavy atom. The van der Waals surface area contributed by atoms with E-state index in [1.165, 1.54) is 6.07 Å². The number of para-hydroxylation sites is 2. The van der Waals surface area contributed by atoms with Crippen molar-refractivity contribution < 1.29 is 14.0 Å². The fraction of sp³-hybridized carbons (Fsp3) is 0.333. The molecule has 178 valence electrons. The van der Waals surface area contributed by atoms with E-state index in [1.807, 2.05) is 56.9 Å². The van der Waals surface area contributed by atoms with Crippen LogP contribution in [0.25, 0.3) is 5.69 Å². The molecule has 0 bridgehead atoms. The maximum Gasteiger partial charge on any atom is 0.255 e. The van der Waals surface area contributed by atoms with E-state index in [4.69, 9.17) is 0 Å². The molecule has 2 heterocycles. The summed E-state index contributed by atoms with van der Waals surface area (Å²) in [6.45, 7) is 10.3. The second-order valence-electron chi connectivity index (χ2n) is 8.95. The van der Waals surface area contributed by atoms with Crippen LogP contribution in [0, 0.1) is 33.5 Å². The first kappa shape index (κ1) is 23.7. The zero-order valence-electron chi connectivity index (χ0n) is 20.2. The molecule has 1 N–H and O–H groups in total. The lowest BCUT2D eigenvalue weighted by molar-refractivity contribution is -0.117. The highest BCUT2D eigenvalue weighted by Crippen LogP contribution is 2.24. The second-order valence-corrected chi connectivity index (χ2v) is 8.95. The number of aromatic nitrogens is 1. The Bertz CT molecular complexity index is 1210. The number of carbonyl (C=O) groups excluding carboxylic acids is 2. The van der Waals surface area contributed by atoms with Gasteiger partial charge in [0.25, 0.3) is 5.91 Å². The number of carbonyl (C=O) groups is 2. The minimum atomic E-state index is -0.323. The molecule has 0 radical (unpaired) electrons. The van der Waals surface area contributed by atoms with Crippen molar-refractivity contribution in [2.24, 2.45) is 0 Å². The van der Waals surface area contributed by atoms with Gasteiger partial charge in [-0.25, -0.2) is 4.39 Å². The number of rotatable bonds is 5. The lowest BCUT2D eigenvalue weighted by Crippen LogP contribution is -2.50. The van der Waals surface area contributed by atoms with E-state index in [0.717, 1.165) is 28.2 Å². The predicted molar refractivity (Wildman–Crippen MR) is 132 cm³/mol. The number of amides is 2. The molecule has 1 aliphatic rings. The quantitative estimate of drug-likeness (QED) is 0.617. The first-order chi connectivity index (χ1) is 16.3. The average molecular weight is 463 g/mol. The van der Waals surface area contributed by atoms with Crippen molar-refractivity contribution in [1.29, 1.82) is 0 Å². The van der Waals surface area contributed by atoms with E-state index >= 15 is 0 Å². The zero-order chi connectivity index (χ0) is 24.4. The Kier molecular flexibility index (Phi) is 6.84. The molecule has 0 saturated carbocycles. The van der Waals surface area contributed by atoms with Crippen LogP contribution in [0.2, 0.25) is 0 Å². The van der Waals surface area contributed by atoms with Crippen LogP contribution in [-0.2, 0) is 4.79 Å². The Morgan fingerprint density at radius 1 is 0.912 bits per heavy atom. The monoisotopic (exact) mass is 462 g/mol. The zero-order valence-corrected chi connectivity index (χ0v) is 20.2. The Labute approximate surface area is 200 Å². The predicted octanol–water partition coefficient (Wildman–Crippen LogP) is 4.25. The van der Waals surface area contributed by atoms with E-state index in [9.17, 15) is 14.0 Å². The van der Waals surface area contributed by atoms with Crippen molar-refractivity contribution in [3.63, 3.8) is 0 Å². The molecule has 2 amide bonds. The summed E-state index contributed by atoms with van der Waals surface area (Å²) in [6.07, 6.45) is 0. The van der Waals surface area contributed by atoms with Gasteiger partial charge in [0.1, 0.15) is 5.82 Å². The van der Waals surface area contributed by atoms with Gasteiger partial charge in [-0.3, -0.25) is 14.5 Å². The third kappa shape index (κ3) is 4.75. The van der Waals surface area contributed by atoms with E-state index in [-0.39, 0.29) is 24.2 Å². The molecule has 0 unspecified atom stereocenters. The second kappa shape index (κ2) is 9.81. The van der Waals surface area contributed by atoms with E-state index in [2.05, 4.69) is 10.2 Å². The molecule has 1 fully saturated rings. The average Bonchev–Trinajstić information content (AvgIpc) is 3.10. The third-order valence-corrected chi connectivity index (χ3v) is 6.53. The van der Waals surface area contributed by atoms with Crippen molar-refractivity contribution in [2.75, 3.05) is 38.0 Å². The van der Waals surface area contributed by atoms with Crippen molar-refractivity contribution in [3.8, 4) is 5.69 Å². The summed E-state index contributed by atoms with van der Waals surface area (Å²) in [5.74, 6) is -0.433. The largest absolute Gasteiger partial charge is 0.336 e. The Balaban J connectivity index is 1.38. The van der Waals surface area contributed by atoms with Crippen LogP contribution in [0.4, 0.5) is 10.1 Å². The van der Waals surface area contributed by atoms with Gasteiger partial charge in [-0.2, -0.15) is 0 Å². The number of nitrogens with one attached hydrogen (secondary N) is 1. The number of aryl methyl sites for hydroxylation is 3. The van der Waals surface area contributed by atoms with Gasteiger partial charge in [0.2, 0.25) is 5.91 Å². The molecule has 1 saturated heterocycles. The van der Waals surface area contributed by atoms with Gasteiger partial charge in [0.05, 0.1) is 17.8 Å². The first-order valence-corrected chi connectivity index (χ1v) is 11.6. The van der Waals surface area contributed by atoms with Crippen molar-refractivity contribution >= 4 is 17.5 Å². The molecule has 34 heavy (non-hydrogen) atoms. The summed E-state index contributed by atoms with van der Waals surface area (Å²) in [7, 11) is 0. The van der Waals surface area contributed by atoms with Crippen LogP contribution >= 0.6 is 0 Å². The van der Waals surface area contributed by atoms with Crippen LogP contribution in [0.1, 0.15) is 32.9 Å². The molecular formula is C27H31FN4O2. The number of halogens is 1. The van der Waals surface area contributed by atoms with Gasteiger partial charge >= 0.3 is 0 Å². The van der Waals surface area contributed by atoms with Crippen molar-refractivity contribution in [3.05, 3.63) is 82.4 Å². The summed E-state index contributed by atoms with van der Waals surface area (Å²) in [5.41, 5.74) is 5.51. The highest BCUT2D eigenvalue weighted by Gasteiger charge is 2.26. The van der Waals surface area contributed by atoms with Crippen LogP contribution < -0.4 is 5.32 Å². The number of anilines is 1. The lowest BCUT2D eigenvalue weighted by Gasteiger charge is -2.34. The molecular weight excluding hydrogens is 431 g/mol. The van der Waals surface area contributed by atoms with E-state index in [0.29, 0.717) is 37.4 Å². The van der Waals surface area contributed by atoms with Gasteiger partial charge in [0, 0.05) is 43.3 Å². The van der Waals surface area contributed by atoms with Gasteiger partial charge in [-0.05, 0) is 57.0 Å². The number of nitrogens with zero attached hydrogens (tertiary/aromatic N) is 3. The normalized spacial score (nSPS) is 14.3. The third-order valence-electron chi connectivity index (χ3n) is 6.53. The summed E-state index contributed by atoms with van der Waals surface area (Å²) in [4.78, 5) is 29.7. The van der Waals surface area contributed by atoms with Crippen molar-refractivity contribution in [2.45, 2.75) is 27.7 Å². The molecule has 4 rings (SSSR count). The molecule has 0 aliphatic carbocycles. The number of benzene rings is 2. The maximum absolute atomic E-state index is 14.4. The minimum absolute atomic E-state index is 0.0504. The highest BCUT2D eigenvalue weighted by atomic mass is 19.1. The minimum Gasteiger partial charge on any atom is -0.336 e. The van der Waals surface area contributed by atoms with Crippen LogP contribution in [0.15, 0.2) is 48.5 Å². The number of piperazine rings is 1. The molecule has 0 spiro atoms. The van der Waals surface area contributed by atoms with Gasteiger partial charge in [-0.1, -0.05) is 30.3 Å². The van der Waals surface area contributed by atoms with Gasteiger partial charge in [-0.15, -0.1) is 0 Å². The van der Waals surface area contributed by atoms with E-state index in [1.54, 1.807) is 22.8 Å². The van der Waals surface area contributed by atoms with Crippen LogP contribution in [0.5, 0.6) is 0 Å². The van der Waals surface area contributed by atoms with Crippen LogP contribution in [0.3, 0.4) is 0 Å². The fourth-order valence-corrected chi connectivity index (χ4v) is 4.66. The van der Waals surface area contributed by atoms with E-state index < -0.39 is 0 Å². The standard InChI is InChI=1S/C27H31FN4O2/c1-18-8-7-9-19(2)26(18)29-25(33)17-30-12-14-31(15-13-30)27(34)22-16-20(3)32(21(22)4)24-11-6-5-10-23(24)28/h5-11,16H,12-15,17H2,1-4H3,(H,29,33). The lowest BCUT2D eigenvalue weighted by atomic mass is 10.1. The molecule has 6 nitrogen and oxygen atoms in total. The number of hydrogen-bond donors (Lipinski definition) is 1. The molecule has 7 heteroatoms. The summed E-state index contributed by atoms with van der Waals surface area (Å²) in [5, 5.41) is 3.03. The summed E-state index contributed by atoms with van der Waals surface area (Å²) < 4.78 is 16.2. The van der Waals surface area contributed by atoms with Crippen molar-refractivity contribution in [1.82, 2.24) is 14.4 Å². The molecule has 1 aliphatic heterocycles. The van der Waals surface area contributed by atoms with Gasteiger partial charge in [0.15, 0.2) is 0 Å². The Morgan fingerprint density at radius 3 is 2.21 bits per heavy atom. The smallest absolute Gasteiger partial charge is 0.255 e. The summed E-state index contributed by atoms with van der Waals surface area (Å²) in [6, 6.07) is 14.3. The molecule has 1 aromatic heterocycles. The van der Waals surface area contributed by atoms with Crippen LogP contribution in [-0.4, -0.2) is 58.9 Å². The number of hydrogen-bond acceptors (Lipinski definition) is 3. The molecule has 2 aromatic carbocycles. The Hall–Kier alpha value is -3.45. The fourth-order valence-electron chi connectivity index (χ4n) is 4.66. The maximum atomic E-state index is 14.4. The molecule has 3 aromatic rings. The molecule has 0 atom stereocenters. The summed E-state index contributed by atoms with van der Waals surface area (Å²) >= 11 is 0. The highest BCUT2D eigenvalue weighted by molar-refractivity contribution is 5.96. The topological polar surface area (TPSA) is 57.6 Å². The SMILES string of the molecule is Cc1cccc(C)c1NC(=O)CN1CCN(C(=O)c2cc(C)n(-c3ccccc3F)c2C)CC1. The first-order valence-electron chi connectivity index (χ1n) is 11.6.